The number of thioether (sulfide) groups is 1. The van der Waals surface area contributed by atoms with Crippen LogP contribution in [0.4, 0.5) is 0 Å². The van der Waals surface area contributed by atoms with E-state index in [0.717, 1.165) is 40.2 Å². The fourth-order valence-electron chi connectivity index (χ4n) is 2.17. The van der Waals surface area contributed by atoms with E-state index in [1.54, 1.807) is 6.20 Å². The van der Waals surface area contributed by atoms with Crippen LogP contribution < -0.4 is 0 Å². The lowest BCUT2D eigenvalue weighted by Crippen LogP contribution is -2.12. The lowest BCUT2D eigenvalue weighted by molar-refractivity contribution is 0.103. The summed E-state index contributed by atoms with van der Waals surface area (Å²) in [6, 6.07) is 8.06. The first-order chi connectivity index (χ1) is 10.8. The Morgan fingerprint density at radius 2 is 2.09 bits per heavy atom. The van der Waals surface area contributed by atoms with Crippen molar-refractivity contribution >= 4 is 33.4 Å². The van der Waals surface area contributed by atoms with Crippen molar-refractivity contribution in [3.63, 3.8) is 0 Å². The highest BCUT2D eigenvalue weighted by Gasteiger charge is 2.22. The highest BCUT2D eigenvalue weighted by Crippen LogP contribution is 2.20. The van der Waals surface area contributed by atoms with Crippen LogP contribution in [0.25, 0.3) is 0 Å². The van der Waals surface area contributed by atoms with Gasteiger partial charge in [0, 0.05) is 35.2 Å². The van der Waals surface area contributed by atoms with E-state index in [1.165, 1.54) is 5.56 Å². The Labute approximate surface area is 142 Å². The summed E-state index contributed by atoms with van der Waals surface area (Å²) in [7, 11) is 0. The minimum atomic E-state index is 0.155. The van der Waals surface area contributed by atoms with E-state index in [-0.39, 0.29) is 6.10 Å². The average molecular weight is 378 g/mol. The maximum Gasteiger partial charge on any atom is 0.142 e. The van der Waals surface area contributed by atoms with Gasteiger partial charge in [-0.2, -0.15) is 11.8 Å². The summed E-state index contributed by atoms with van der Waals surface area (Å²) < 4.78 is 0.971. The zero-order valence-corrected chi connectivity index (χ0v) is 14.4. The van der Waals surface area contributed by atoms with Crippen LogP contribution >= 0.6 is 27.7 Å². The molecular formula is C16H16BrN3OS. The van der Waals surface area contributed by atoms with Crippen LogP contribution in [0.15, 0.2) is 52.5 Å². The molecule has 0 N–H and O–H groups in total. The normalized spacial score (nSPS) is 17.1. The van der Waals surface area contributed by atoms with Gasteiger partial charge in [0.25, 0.3) is 0 Å². The largest absolute Gasteiger partial charge is 0.391 e. The van der Waals surface area contributed by atoms with E-state index in [9.17, 15) is 0 Å². The van der Waals surface area contributed by atoms with Crippen molar-refractivity contribution < 1.29 is 4.84 Å². The van der Waals surface area contributed by atoms with Crippen molar-refractivity contribution in [2.24, 2.45) is 5.16 Å². The molecule has 114 valence electrons. The van der Waals surface area contributed by atoms with Gasteiger partial charge in [0.2, 0.25) is 0 Å². The Hall–Kier alpha value is -1.40. The number of hydrogen-bond donors (Lipinski definition) is 0. The topological polar surface area (TPSA) is 47.4 Å². The van der Waals surface area contributed by atoms with E-state index >= 15 is 0 Å². The molecule has 4 nitrogen and oxygen atoms in total. The number of rotatable bonds is 6. The molecule has 0 saturated carbocycles. The molecule has 0 aliphatic carbocycles. The molecule has 0 radical (unpaired) electrons. The predicted molar refractivity (Wildman–Crippen MR) is 93.2 cm³/mol. The van der Waals surface area contributed by atoms with Gasteiger partial charge in [0.15, 0.2) is 0 Å². The molecule has 0 bridgehead atoms. The molecule has 3 rings (SSSR count). The Balaban J connectivity index is 1.40. The van der Waals surface area contributed by atoms with E-state index in [0.29, 0.717) is 0 Å². The smallest absolute Gasteiger partial charge is 0.142 e. The van der Waals surface area contributed by atoms with Crippen molar-refractivity contribution in [3.05, 3.63) is 58.6 Å². The molecule has 2 aromatic rings. The standard InChI is InChI=1S/C16H16BrN3OS/c17-13-1-2-15(19-10-13)16-9-14(21-20-16)11-22-8-5-12-3-6-18-7-4-12/h1-4,6-7,10,14H,5,8-9,11H2. The van der Waals surface area contributed by atoms with Gasteiger partial charge in [-0.1, -0.05) is 5.16 Å². The minimum absolute atomic E-state index is 0.155. The van der Waals surface area contributed by atoms with Gasteiger partial charge >= 0.3 is 0 Å². The quantitative estimate of drug-likeness (QED) is 0.719. The first-order valence-electron chi connectivity index (χ1n) is 7.12. The minimum Gasteiger partial charge on any atom is -0.391 e. The molecule has 0 fully saturated rings. The lowest BCUT2D eigenvalue weighted by Gasteiger charge is -2.07. The molecule has 1 aliphatic rings. The van der Waals surface area contributed by atoms with Gasteiger partial charge in [-0.05, 0) is 57.9 Å². The lowest BCUT2D eigenvalue weighted by atomic mass is 10.1. The highest BCUT2D eigenvalue weighted by atomic mass is 79.9. The first kappa shape index (κ1) is 15.5. The van der Waals surface area contributed by atoms with E-state index in [2.05, 4.69) is 43.2 Å². The van der Waals surface area contributed by atoms with Gasteiger partial charge in [-0.15, -0.1) is 0 Å². The van der Waals surface area contributed by atoms with E-state index in [4.69, 9.17) is 4.84 Å². The zero-order chi connectivity index (χ0) is 15.2. The molecule has 1 atom stereocenters. The number of hydrogen-bond acceptors (Lipinski definition) is 5. The number of nitrogens with zero attached hydrogens (tertiary/aromatic N) is 3. The van der Waals surface area contributed by atoms with Crippen molar-refractivity contribution in [3.8, 4) is 0 Å². The molecule has 0 spiro atoms. The van der Waals surface area contributed by atoms with Crippen LogP contribution in [0, 0.1) is 0 Å². The number of pyridine rings is 2. The van der Waals surface area contributed by atoms with Crippen LogP contribution in [0.3, 0.4) is 0 Å². The third kappa shape index (κ3) is 4.30. The Morgan fingerprint density at radius 3 is 2.86 bits per heavy atom. The summed E-state index contributed by atoms with van der Waals surface area (Å²) >= 11 is 5.28. The molecular weight excluding hydrogens is 362 g/mol. The van der Waals surface area contributed by atoms with Gasteiger partial charge in [-0.25, -0.2) is 0 Å². The van der Waals surface area contributed by atoms with Crippen molar-refractivity contribution in [1.29, 1.82) is 0 Å². The SMILES string of the molecule is Brc1ccc(C2=NOC(CSCCc3ccncc3)C2)nc1. The average Bonchev–Trinajstić information content (AvgIpc) is 3.02. The summed E-state index contributed by atoms with van der Waals surface area (Å²) in [5, 5.41) is 4.17. The van der Waals surface area contributed by atoms with Crippen LogP contribution in [0.1, 0.15) is 17.7 Å². The number of aromatic nitrogens is 2. The van der Waals surface area contributed by atoms with Gasteiger partial charge < -0.3 is 4.84 Å². The monoisotopic (exact) mass is 377 g/mol. The molecule has 2 aromatic heterocycles. The Morgan fingerprint density at radius 1 is 1.23 bits per heavy atom. The summed E-state index contributed by atoms with van der Waals surface area (Å²) in [6.07, 6.45) is 7.51. The van der Waals surface area contributed by atoms with Gasteiger partial charge in [0.05, 0.1) is 5.69 Å². The fraction of sp³-hybridized carbons (Fsp3) is 0.312. The molecule has 6 heteroatoms. The molecule has 3 heterocycles. The molecule has 1 unspecified atom stereocenters. The molecule has 0 amide bonds. The van der Waals surface area contributed by atoms with Crippen LogP contribution in [-0.2, 0) is 11.3 Å². The maximum atomic E-state index is 5.51. The first-order valence-corrected chi connectivity index (χ1v) is 9.07. The highest BCUT2D eigenvalue weighted by molar-refractivity contribution is 9.10. The van der Waals surface area contributed by atoms with Crippen LogP contribution in [0.5, 0.6) is 0 Å². The summed E-state index contributed by atoms with van der Waals surface area (Å²) in [5.41, 5.74) is 3.16. The number of halogens is 1. The molecule has 22 heavy (non-hydrogen) atoms. The summed E-state index contributed by atoms with van der Waals surface area (Å²) in [6.45, 7) is 0. The zero-order valence-electron chi connectivity index (χ0n) is 12.0. The second kappa shape index (κ2) is 7.74. The van der Waals surface area contributed by atoms with Gasteiger partial charge in [0.1, 0.15) is 11.8 Å². The summed E-state index contributed by atoms with van der Waals surface area (Å²) in [5.74, 6) is 2.03. The fourth-order valence-corrected chi connectivity index (χ4v) is 3.39. The molecule has 1 aliphatic heterocycles. The van der Waals surface area contributed by atoms with Crippen molar-refractivity contribution in [2.75, 3.05) is 11.5 Å². The van der Waals surface area contributed by atoms with Crippen LogP contribution in [-0.4, -0.2) is 33.3 Å². The predicted octanol–water partition coefficient (Wildman–Crippen LogP) is 3.71. The molecule has 0 aromatic carbocycles. The molecule has 0 saturated heterocycles. The van der Waals surface area contributed by atoms with Crippen molar-refractivity contribution in [2.45, 2.75) is 18.9 Å². The number of aryl methyl sites for hydroxylation is 1. The third-order valence-corrected chi connectivity index (χ3v) is 4.91. The Kier molecular flexibility index (Phi) is 5.45. The second-order valence-electron chi connectivity index (χ2n) is 5.01. The third-order valence-electron chi connectivity index (χ3n) is 3.34. The van der Waals surface area contributed by atoms with Crippen LogP contribution in [0.2, 0.25) is 0 Å². The second-order valence-corrected chi connectivity index (χ2v) is 7.08. The van der Waals surface area contributed by atoms with E-state index < -0.39 is 0 Å². The number of oxime groups is 1. The maximum absolute atomic E-state index is 5.51. The Bertz CT molecular complexity index is 634. The van der Waals surface area contributed by atoms with Gasteiger partial charge in [-0.3, -0.25) is 9.97 Å². The van der Waals surface area contributed by atoms with Crippen molar-refractivity contribution in [1.82, 2.24) is 9.97 Å². The summed E-state index contributed by atoms with van der Waals surface area (Å²) in [4.78, 5) is 13.9. The van der Waals surface area contributed by atoms with E-state index in [1.807, 2.05) is 36.3 Å².